The van der Waals surface area contributed by atoms with Gasteiger partial charge in [-0.05, 0) is 37.7 Å². The van der Waals surface area contributed by atoms with E-state index in [1.165, 1.54) is 0 Å². The average Bonchev–Trinajstić information content (AvgIpc) is 3.21. The number of aromatic nitrogens is 1. The molecule has 0 aromatic carbocycles. The summed E-state index contributed by atoms with van der Waals surface area (Å²) in [6.45, 7) is 5.85. The number of fused-ring (bicyclic) bond motifs is 1. The molecule has 30 heavy (non-hydrogen) atoms. The van der Waals surface area contributed by atoms with Crippen molar-refractivity contribution in [3.8, 4) is 5.75 Å². The minimum atomic E-state index is -0.560. The van der Waals surface area contributed by atoms with Gasteiger partial charge in [0.2, 0.25) is 0 Å². The molecule has 0 spiro atoms. The van der Waals surface area contributed by atoms with E-state index < -0.39 is 6.10 Å². The van der Waals surface area contributed by atoms with Crippen LogP contribution >= 0.6 is 0 Å². The molecule has 3 atom stereocenters. The van der Waals surface area contributed by atoms with Crippen LogP contribution in [0.3, 0.4) is 0 Å². The fraction of sp³-hybridized carbons (Fsp3) is 0.524. The Morgan fingerprint density at radius 1 is 1.50 bits per heavy atom. The fourth-order valence-corrected chi connectivity index (χ4v) is 3.27. The summed E-state index contributed by atoms with van der Waals surface area (Å²) >= 11 is 0. The van der Waals surface area contributed by atoms with Crippen molar-refractivity contribution < 1.29 is 19.4 Å². The summed E-state index contributed by atoms with van der Waals surface area (Å²) < 4.78 is 5.73. The number of H-pyrrole nitrogens is 1. The van der Waals surface area contributed by atoms with Crippen LogP contribution in [-0.2, 0) is 4.79 Å². The predicted octanol–water partition coefficient (Wildman–Crippen LogP) is 0.856. The number of aliphatic hydroxyl groups is 1. The third-order valence-electron chi connectivity index (χ3n) is 5.19. The Bertz CT molecular complexity index is 803. The third kappa shape index (κ3) is 5.43. The second-order valence-electron chi connectivity index (χ2n) is 7.59. The normalized spacial score (nSPS) is 19.8. The van der Waals surface area contributed by atoms with E-state index in [-0.39, 0.29) is 24.5 Å². The lowest BCUT2D eigenvalue weighted by molar-refractivity contribution is -0.110. The maximum atomic E-state index is 12.4. The molecule has 0 aliphatic carbocycles. The molecule has 0 fully saturated rings. The number of allylic oxidation sites excluding steroid dienone is 1. The molecule has 164 valence electrons. The van der Waals surface area contributed by atoms with Gasteiger partial charge in [-0.1, -0.05) is 13.8 Å². The lowest BCUT2D eigenvalue weighted by atomic mass is 10.1. The van der Waals surface area contributed by atoms with Gasteiger partial charge in [0.15, 0.2) is 11.6 Å². The van der Waals surface area contributed by atoms with Crippen LogP contribution in [0.1, 0.15) is 37.2 Å². The number of nitrogens with zero attached hydrogens (tertiary/aromatic N) is 1. The maximum Gasteiger partial charge on any atom is 0.267 e. The zero-order chi connectivity index (χ0) is 21.5. The molecule has 3 heterocycles. The van der Waals surface area contributed by atoms with Crippen LogP contribution in [0.15, 0.2) is 30.1 Å². The van der Waals surface area contributed by atoms with Gasteiger partial charge in [-0.15, -0.1) is 0 Å². The molecule has 2 aliphatic heterocycles. The number of carbonyl (C=O) groups is 2. The van der Waals surface area contributed by atoms with Crippen LogP contribution in [0, 0.1) is 5.92 Å². The number of carbonyl (C=O) groups excluding carboxylic acids is 2. The Kier molecular flexibility index (Phi) is 7.53. The zero-order valence-corrected chi connectivity index (χ0v) is 17.5. The van der Waals surface area contributed by atoms with Gasteiger partial charge in [-0.2, -0.15) is 0 Å². The van der Waals surface area contributed by atoms with E-state index in [0.717, 1.165) is 30.8 Å². The molecule has 0 saturated heterocycles. The Labute approximate surface area is 176 Å². The van der Waals surface area contributed by atoms with Crippen LogP contribution in [-0.4, -0.2) is 60.8 Å². The van der Waals surface area contributed by atoms with E-state index in [9.17, 15) is 14.7 Å². The topological polar surface area (TPSA) is 119 Å². The van der Waals surface area contributed by atoms with Gasteiger partial charge in [-0.25, -0.2) is 0 Å². The van der Waals surface area contributed by atoms with Crippen molar-refractivity contribution in [2.45, 2.75) is 39.0 Å². The highest BCUT2D eigenvalue weighted by atomic mass is 16.5. The summed E-state index contributed by atoms with van der Waals surface area (Å²) in [6, 6.07) is 1.69. The smallest absolute Gasteiger partial charge is 0.267 e. The number of rotatable bonds is 10. The number of anilines is 1. The second kappa shape index (κ2) is 10.3. The fourth-order valence-electron chi connectivity index (χ4n) is 3.27. The molecule has 1 aromatic rings. The highest BCUT2D eigenvalue weighted by Gasteiger charge is 2.26. The minimum Gasteiger partial charge on any atom is -0.488 e. The monoisotopic (exact) mass is 417 g/mol. The first-order chi connectivity index (χ1) is 14.5. The number of dihydropyridines is 1. The predicted molar refractivity (Wildman–Crippen MR) is 114 cm³/mol. The average molecular weight is 418 g/mol. The van der Waals surface area contributed by atoms with E-state index in [0.29, 0.717) is 31.0 Å². The van der Waals surface area contributed by atoms with E-state index >= 15 is 0 Å². The van der Waals surface area contributed by atoms with Gasteiger partial charge in [-0.3, -0.25) is 10.1 Å². The van der Waals surface area contributed by atoms with Crippen LogP contribution in [0.5, 0.6) is 5.75 Å². The van der Waals surface area contributed by atoms with Gasteiger partial charge in [0.05, 0.1) is 18.8 Å². The quantitative estimate of drug-likeness (QED) is 0.358. The molecule has 9 nitrogen and oxygen atoms in total. The number of hydrogen-bond acceptors (Lipinski definition) is 7. The number of aromatic amines is 1. The SMILES string of the molecule is CCC(O)CNC(=O)c1cc2c([nH]1)N(C1=CC(NCCC(C)C=O)NC=C1)CCO2. The molecule has 0 radical (unpaired) electrons. The van der Waals surface area contributed by atoms with E-state index in [1.807, 2.05) is 26.1 Å². The summed E-state index contributed by atoms with van der Waals surface area (Å²) in [5.41, 5.74) is 1.38. The van der Waals surface area contributed by atoms with Crippen molar-refractivity contribution in [2.24, 2.45) is 5.92 Å². The van der Waals surface area contributed by atoms with Gasteiger partial charge < -0.3 is 35.2 Å². The largest absolute Gasteiger partial charge is 0.488 e. The van der Waals surface area contributed by atoms with Crippen molar-refractivity contribution in [1.82, 2.24) is 20.9 Å². The van der Waals surface area contributed by atoms with Crippen LogP contribution in [0.2, 0.25) is 0 Å². The van der Waals surface area contributed by atoms with Crippen molar-refractivity contribution in [3.05, 3.63) is 35.8 Å². The molecular formula is C21H31N5O4. The molecule has 3 unspecified atom stereocenters. The molecule has 9 heteroatoms. The number of aldehydes is 1. The van der Waals surface area contributed by atoms with Crippen LogP contribution in [0.25, 0.3) is 0 Å². The Hall–Kier alpha value is -2.78. The first-order valence-corrected chi connectivity index (χ1v) is 10.4. The first kappa shape index (κ1) is 21.9. The van der Waals surface area contributed by atoms with Crippen molar-refractivity contribution in [1.29, 1.82) is 0 Å². The molecule has 1 aromatic heterocycles. The number of aliphatic hydroxyl groups excluding tert-OH is 1. The highest BCUT2D eigenvalue weighted by Crippen LogP contribution is 2.34. The molecule has 2 aliphatic rings. The Morgan fingerprint density at radius 3 is 3.10 bits per heavy atom. The van der Waals surface area contributed by atoms with Gasteiger partial charge in [0.1, 0.15) is 18.6 Å². The number of hydrogen-bond donors (Lipinski definition) is 5. The molecular weight excluding hydrogens is 386 g/mol. The van der Waals surface area contributed by atoms with E-state index in [4.69, 9.17) is 4.74 Å². The van der Waals surface area contributed by atoms with Crippen LogP contribution in [0.4, 0.5) is 5.82 Å². The lowest BCUT2D eigenvalue weighted by Gasteiger charge is -2.32. The standard InChI is InChI=1S/C21H31N5O4/c1-3-16(28)12-24-21(29)17-11-18-20(25-17)26(8-9-30-18)15-5-7-23-19(10-15)22-6-4-14(2)13-27/h5,7,10-11,13-14,16,19,22-23,25,28H,3-4,6,8-9,12H2,1-2H3,(H,24,29). The Balaban J connectivity index is 1.68. The minimum absolute atomic E-state index is 0.0313. The summed E-state index contributed by atoms with van der Waals surface area (Å²) in [7, 11) is 0. The molecule has 3 rings (SSSR count). The summed E-state index contributed by atoms with van der Waals surface area (Å²) in [5.74, 6) is 1.11. The second-order valence-corrected chi connectivity index (χ2v) is 7.59. The van der Waals surface area contributed by atoms with Gasteiger partial charge >= 0.3 is 0 Å². The summed E-state index contributed by atoms with van der Waals surface area (Å²) in [5, 5.41) is 19.0. The summed E-state index contributed by atoms with van der Waals surface area (Å²) in [4.78, 5) is 28.4. The van der Waals surface area contributed by atoms with Gasteiger partial charge in [0, 0.05) is 24.2 Å². The lowest BCUT2D eigenvalue weighted by Crippen LogP contribution is -2.42. The van der Waals surface area contributed by atoms with E-state index in [2.05, 4.69) is 31.9 Å². The van der Waals surface area contributed by atoms with Gasteiger partial charge in [0.25, 0.3) is 5.91 Å². The molecule has 0 saturated carbocycles. The van der Waals surface area contributed by atoms with E-state index in [1.54, 1.807) is 6.07 Å². The number of amides is 1. The zero-order valence-electron chi connectivity index (χ0n) is 17.5. The molecule has 5 N–H and O–H groups in total. The molecule has 0 bridgehead atoms. The van der Waals surface area contributed by atoms with Crippen LogP contribution < -0.4 is 25.6 Å². The van der Waals surface area contributed by atoms with Crippen molar-refractivity contribution in [3.63, 3.8) is 0 Å². The summed E-state index contributed by atoms with van der Waals surface area (Å²) in [6.07, 6.45) is 7.63. The number of nitrogens with one attached hydrogen (secondary N) is 4. The maximum absolute atomic E-state index is 12.4. The third-order valence-corrected chi connectivity index (χ3v) is 5.19. The number of ether oxygens (including phenoxy) is 1. The van der Waals surface area contributed by atoms with Crippen molar-refractivity contribution in [2.75, 3.05) is 31.1 Å². The molecule has 1 amide bonds. The van der Waals surface area contributed by atoms with Crippen molar-refractivity contribution >= 4 is 18.0 Å². The Morgan fingerprint density at radius 2 is 2.33 bits per heavy atom. The highest BCUT2D eigenvalue weighted by molar-refractivity contribution is 5.94. The first-order valence-electron chi connectivity index (χ1n) is 10.4.